The fourth-order valence-corrected chi connectivity index (χ4v) is 4.97. The van der Waals surface area contributed by atoms with Gasteiger partial charge in [0.15, 0.2) is 0 Å². The molecule has 1 amide bonds. The third kappa shape index (κ3) is 4.83. The number of methoxy groups -OCH3 is 1. The van der Waals surface area contributed by atoms with Crippen LogP contribution in [0.4, 0.5) is 0 Å². The first-order valence-corrected chi connectivity index (χ1v) is 12.1. The number of nitrogens with one attached hydrogen (secondary N) is 1. The molecule has 1 N–H and O–H groups in total. The van der Waals surface area contributed by atoms with Crippen molar-refractivity contribution < 1.29 is 9.53 Å². The number of H-pyrrole nitrogens is 1. The van der Waals surface area contributed by atoms with E-state index in [-0.39, 0.29) is 5.91 Å². The van der Waals surface area contributed by atoms with Crippen LogP contribution in [-0.4, -0.2) is 51.0 Å². The van der Waals surface area contributed by atoms with E-state index in [4.69, 9.17) is 4.74 Å². The number of nitrogens with zero attached hydrogens (tertiary/aromatic N) is 4. The van der Waals surface area contributed by atoms with Gasteiger partial charge in [0.05, 0.1) is 25.0 Å². The highest BCUT2D eigenvalue weighted by molar-refractivity contribution is 5.84. The number of hydrogen-bond acceptors (Lipinski definition) is 4. The molecule has 1 atom stereocenters. The number of para-hydroxylation sites is 1. The molecular formula is C27H31N5O2. The van der Waals surface area contributed by atoms with Crippen LogP contribution in [0.25, 0.3) is 22.0 Å². The minimum atomic E-state index is 0.239. The number of aromatic nitrogens is 4. The molecule has 0 radical (unpaired) electrons. The first kappa shape index (κ1) is 22.2. The molecule has 0 bridgehead atoms. The summed E-state index contributed by atoms with van der Waals surface area (Å²) in [6.07, 6.45) is 10.1. The van der Waals surface area contributed by atoms with Crippen molar-refractivity contribution in [1.29, 1.82) is 0 Å². The summed E-state index contributed by atoms with van der Waals surface area (Å²) < 4.78 is 7.55. The molecule has 1 fully saturated rings. The summed E-state index contributed by atoms with van der Waals surface area (Å²) in [6.45, 7) is 2.55. The fraction of sp³-hybridized carbons (Fsp3) is 0.370. The Hall–Kier alpha value is -3.61. The van der Waals surface area contributed by atoms with Crippen LogP contribution in [0.2, 0.25) is 0 Å². The van der Waals surface area contributed by atoms with Gasteiger partial charge in [-0.05, 0) is 60.9 Å². The zero-order valence-corrected chi connectivity index (χ0v) is 19.6. The van der Waals surface area contributed by atoms with Gasteiger partial charge in [0.2, 0.25) is 5.91 Å². The Morgan fingerprint density at radius 2 is 2.03 bits per heavy atom. The molecule has 7 nitrogen and oxygen atoms in total. The number of hydrogen-bond donors (Lipinski definition) is 1. The van der Waals surface area contributed by atoms with Gasteiger partial charge in [-0.15, -0.1) is 0 Å². The number of amides is 1. The quantitative estimate of drug-likeness (QED) is 0.437. The van der Waals surface area contributed by atoms with Crippen LogP contribution in [0.15, 0.2) is 61.1 Å². The number of rotatable bonds is 7. The van der Waals surface area contributed by atoms with E-state index in [1.807, 2.05) is 47.8 Å². The largest absolute Gasteiger partial charge is 0.496 e. The topological polar surface area (TPSA) is 76.0 Å². The number of likely N-dealkylation sites (tertiary alicyclic amines) is 1. The van der Waals surface area contributed by atoms with Gasteiger partial charge < -0.3 is 9.64 Å². The van der Waals surface area contributed by atoms with Gasteiger partial charge in [-0.25, -0.2) is 0 Å². The van der Waals surface area contributed by atoms with Crippen molar-refractivity contribution in [3.8, 4) is 16.9 Å². The number of aryl methyl sites for hydroxylation is 1. The fourth-order valence-electron chi connectivity index (χ4n) is 4.97. The Morgan fingerprint density at radius 3 is 2.88 bits per heavy atom. The van der Waals surface area contributed by atoms with Crippen molar-refractivity contribution in [3.05, 3.63) is 66.6 Å². The number of ether oxygens (including phenoxy) is 1. The third-order valence-electron chi connectivity index (χ3n) is 6.91. The Balaban J connectivity index is 1.18. The molecule has 1 aliphatic heterocycles. The minimum absolute atomic E-state index is 0.239. The number of aromatic amines is 1. The average molecular weight is 458 g/mol. The Morgan fingerprint density at radius 1 is 1.12 bits per heavy atom. The second-order valence-electron chi connectivity index (χ2n) is 9.08. The first-order valence-electron chi connectivity index (χ1n) is 12.1. The van der Waals surface area contributed by atoms with Crippen LogP contribution in [0, 0.1) is 5.92 Å². The molecule has 4 aromatic rings. The Kier molecular flexibility index (Phi) is 6.60. The maximum absolute atomic E-state index is 12.9. The van der Waals surface area contributed by atoms with E-state index >= 15 is 0 Å². The van der Waals surface area contributed by atoms with Gasteiger partial charge in [-0.2, -0.15) is 10.2 Å². The van der Waals surface area contributed by atoms with Crippen molar-refractivity contribution in [2.75, 3.05) is 20.2 Å². The predicted molar refractivity (Wildman–Crippen MR) is 133 cm³/mol. The van der Waals surface area contributed by atoms with E-state index in [0.717, 1.165) is 72.2 Å². The highest BCUT2D eigenvalue weighted by atomic mass is 16.5. The van der Waals surface area contributed by atoms with Gasteiger partial charge in [-0.3, -0.25) is 14.6 Å². The smallest absolute Gasteiger partial charge is 0.222 e. The molecule has 2 aromatic heterocycles. The van der Waals surface area contributed by atoms with Crippen LogP contribution in [0.1, 0.15) is 31.2 Å². The molecular weight excluding hydrogens is 426 g/mol. The summed E-state index contributed by atoms with van der Waals surface area (Å²) >= 11 is 0. The number of carbonyl (C=O) groups is 1. The lowest BCUT2D eigenvalue weighted by Gasteiger charge is -2.21. The summed E-state index contributed by atoms with van der Waals surface area (Å²) in [5.41, 5.74) is 4.46. The van der Waals surface area contributed by atoms with E-state index in [1.165, 1.54) is 0 Å². The van der Waals surface area contributed by atoms with E-state index < -0.39 is 0 Å². The number of carbonyl (C=O) groups excluding carboxylic acids is 1. The summed E-state index contributed by atoms with van der Waals surface area (Å²) in [6, 6.07) is 14.4. The number of fused-ring (bicyclic) bond motifs is 1. The van der Waals surface area contributed by atoms with Crippen LogP contribution >= 0.6 is 0 Å². The van der Waals surface area contributed by atoms with Gasteiger partial charge in [0, 0.05) is 43.2 Å². The monoisotopic (exact) mass is 457 g/mol. The second-order valence-corrected chi connectivity index (χ2v) is 9.08. The molecule has 0 spiro atoms. The van der Waals surface area contributed by atoms with E-state index in [9.17, 15) is 4.79 Å². The van der Waals surface area contributed by atoms with Gasteiger partial charge in [0.25, 0.3) is 0 Å². The van der Waals surface area contributed by atoms with Crippen LogP contribution in [0.5, 0.6) is 5.75 Å². The van der Waals surface area contributed by atoms with Crippen molar-refractivity contribution >= 4 is 16.8 Å². The van der Waals surface area contributed by atoms with Crippen molar-refractivity contribution in [2.45, 2.75) is 38.6 Å². The molecule has 5 rings (SSSR count). The minimum Gasteiger partial charge on any atom is -0.496 e. The zero-order valence-electron chi connectivity index (χ0n) is 19.6. The highest BCUT2D eigenvalue weighted by Crippen LogP contribution is 2.26. The third-order valence-corrected chi connectivity index (χ3v) is 6.91. The number of benzene rings is 2. The maximum atomic E-state index is 12.9. The molecule has 1 aliphatic rings. The SMILES string of the molecule is COc1ccccc1CCC(=O)N1CCCC(Cn2ncc3cc(-c4cn[nH]c4)ccc32)CC1. The molecule has 2 aromatic carbocycles. The molecule has 34 heavy (non-hydrogen) atoms. The lowest BCUT2D eigenvalue weighted by molar-refractivity contribution is -0.131. The molecule has 1 unspecified atom stereocenters. The lowest BCUT2D eigenvalue weighted by Crippen LogP contribution is -2.32. The van der Waals surface area contributed by atoms with E-state index in [2.05, 4.69) is 38.2 Å². The van der Waals surface area contributed by atoms with Gasteiger partial charge >= 0.3 is 0 Å². The summed E-state index contributed by atoms with van der Waals surface area (Å²) in [7, 11) is 1.68. The molecule has 0 aliphatic carbocycles. The summed E-state index contributed by atoms with van der Waals surface area (Å²) in [5.74, 6) is 1.61. The summed E-state index contributed by atoms with van der Waals surface area (Å²) in [4.78, 5) is 15.0. The van der Waals surface area contributed by atoms with Gasteiger partial charge in [0.1, 0.15) is 5.75 Å². The average Bonchev–Trinajstić information content (AvgIpc) is 3.48. The van der Waals surface area contributed by atoms with Crippen LogP contribution in [0.3, 0.4) is 0 Å². The standard InChI is InChI=1S/C27H31N5O2/c1-34-26-7-3-2-6-21(26)9-11-27(33)31-13-4-5-20(12-14-31)19-32-25-10-8-22(15-23(25)18-30-32)24-16-28-29-17-24/h2-3,6-8,10,15-18,20H,4-5,9,11-14,19H2,1H3,(H,28,29). The normalized spacial score (nSPS) is 16.5. The lowest BCUT2D eigenvalue weighted by atomic mass is 10.0. The van der Waals surface area contributed by atoms with Crippen molar-refractivity contribution in [1.82, 2.24) is 24.9 Å². The van der Waals surface area contributed by atoms with Gasteiger partial charge in [-0.1, -0.05) is 24.3 Å². The predicted octanol–water partition coefficient (Wildman–Crippen LogP) is 4.70. The summed E-state index contributed by atoms with van der Waals surface area (Å²) in [5, 5.41) is 12.7. The maximum Gasteiger partial charge on any atom is 0.222 e. The first-order chi connectivity index (χ1) is 16.7. The molecule has 7 heteroatoms. The van der Waals surface area contributed by atoms with E-state index in [0.29, 0.717) is 18.8 Å². The Bertz CT molecular complexity index is 1250. The molecule has 0 saturated carbocycles. The van der Waals surface area contributed by atoms with Crippen LogP contribution in [-0.2, 0) is 17.8 Å². The Labute approximate surface area is 199 Å². The zero-order chi connectivity index (χ0) is 23.3. The van der Waals surface area contributed by atoms with E-state index in [1.54, 1.807) is 7.11 Å². The highest BCUT2D eigenvalue weighted by Gasteiger charge is 2.22. The molecule has 176 valence electrons. The van der Waals surface area contributed by atoms with Crippen LogP contribution < -0.4 is 4.74 Å². The van der Waals surface area contributed by atoms with Crippen molar-refractivity contribution in [2.24, 2.45) is 5.92 Å². The van der Waals surface area contributed by atoms with Crippen molar-refractivity contribution in [3.63, 3.8) is 0 Å². The molecule has 1 saturated heterocycles. The molecule has 3 heterocycles. The second kappa shape index (κ2) is 10.1.